The lowest BCUT2D eigenvalue weighted by Gasteiger charge is -2.48. The number of thioether (sulfide) groups is 1. The minimum atomic E-state index is 0.218. The molecule has 122 valence electrons. The summed E-state index contributed by atoms with van der Waals surface area (Å²) in [4.78, 5) is 5.27. The molecular weight excluding hydrogens is 282 g/mol. The molecule has 21 heavy (non-hydrogen) atoms. The summed E-state index contributed by atoms with van der Waals surface area (Å²) >= 11 is 2.09. The second-order valence-electron chi connectivity index (χ2n) is 6.95. The lowest BCUT2D eigenvalue weighted by atomic mass is 9.84. The Kier molecular flexibility index (Phi) is 5.49. The number of hydrogen-bond acceptors (Lipinski definition) is 5. The highest BCUT2D eigenvalue weighted by atomic mass is 32.2. The van der Waals surface area contributed by atoms with Crippen LogP contribution in [0.5, 0.6) is 0 Å². The van der Waals surface area contributed by atoms with Crippen LogP contribution in [0.3, 0.4) is 0 Å². The zero-order valence-electron chi connectivity index (χ0n) is 13.4. The van der Waals surface area contributed by atoms with E-state index in [0.717, 1.165) is 19.2 Å². The molecule has 0 bridgehead atoms. The van der Waals surface area contributed by atoms with Gasteiger partial charge in [0, 0.05) is 51.4 Å². The fraction of sp³-hybridized carbons (Fsp3) is 1.00. The van der Waals surface area contributed by atoms with Gasteiger partial charge in [0.05, 0.1) is 5.60 Å². The maximum atomic E-state index is 6.24. The molecule has 2 unspecified atom stereocenters. The van der Waals surface area contributed by atoms with E-state index in [-0.39, 0.29) is 5.60 Å². The number of rotatable bonds is 3. The predicted octanol–water partition coefficient (Wildman–Crippen LogP) is 1.40. The number of nitrogens with two attached hydrogens (primary N) is 1. The first kappa shape index (κ1) is 16.1. The highest BCUT2D eigenvalue weighted by Crippen LogP contribution is 2.39. The molecule has 3 saturated heterocycles. The quantitative estimate of drug-likeness (QED) is 0.853. The van der Waals surface area contributed by atoms with Gasteiger partial charge >= 0.3 is 0 Å². The van der Waals surface area contributed by atoms with Crippen LogP contribution in [0.2, 0.25) is 0 Å². The second-order valence-corrected chi connectivity index (χ2v) is 8.17. The lowest BCUT2D eigenvalue weighted by Crippen LogP contribution is -2.57. The molecular formula is C16H31N3OS. The van der Waals surface area contributed by atoms with Crippen LogP contribution in [-0.2, 0) is 4.74 Å². The lowest BCUT2D eigenvalue weighted by molar-refractivity contribution is -0.114. The average Bonchev–Trinajstić information content (AvgIpc) is 2.55. The summed E-state index contributed by atoms with van der Waals surface area (Å²) in [6.07, 6.45) is 5.01. The first-order valence-electron chi connectivity index (χ1n) is 8.62. The summed E-state index contributed by atoms with van der Waals surface area (Å²) in [5, 5.41) is 0. The van der Waals surface area contributed by atoms with Crippen LogP contribution in [0.25, 0.3) is 0 Å². The van der Waals surface area contributed by atoms with E-state index in [1.54, 1.807) is 0 Å². The van der Waals surface area contributed by atoms with Gasteiger partial charge in [0.2, 0.25) is 0 Å². The first-order valence-corrected chi connectivity index (χ1v) is 9.78. The minimum Gasteiger partial charge on any atom is -0.375 e. The molecule has 0 aromatic rings. The van der Waals surface area contributed by atoms with E-state index in [0.29, 0.717) is 6.04 Å². The van der Waals surface area contributed by atoms with Gasteiger partial charge < -0.3 is 10.5 Å². The summed E-state index contributed by atoms with van der Waals surface area (Å²) in [6, 6.07) is 1.28. The molecule has 0 aromatic carbocycles. The van der Waals surface area contributed by atoms with Gasteiger partial charge in [-0.25, -0.2) is 0 Å². The first-order chi connectivity index (χ1) is 10.2. The molecule has 3 rings (SSSR count). The van der Waals surface area contributed by atoms with Crippen molar-refractivity contribution in [1.29, 1.82) is 0 Å². The number of piperazine rings is 1. The Morgan fingerprint density at radius 1 is 1.24 bits per heavy atom. The van der Waals surface area contributed by atoms with Crippen molar-refractivity contribution < 1.29 is 4.74 Å². The fourth-order valence-corrected chi connectivity index (χ4v) is 5.33. The van der Waals surface area contributed by atoms with Gasteiger partial charge in [-0.3, -0.25) is 9.80 Å². The van der Waals surface area contributed by atoms with Gasteiger partial charge in [-0.05, 0) is 44.1 Å². The summed E-state index contributed by atoms with van der Waals surface area (Å²) in [5.74, 6) is 2.57. The normalized spacial score (nSPS) is 33.1. The molecule has 3 fully saturated rings. The van der Waals surface area contributed by atoms with E-state index < -0.39 is 0 Å². The average molecular weight is 314 g/mol. The van der Waals surface area contributed by atoms with Crippen LogP contribution >= 0.6 is 11.8 Å². The maximum Gasteiger partial charge on any atom is 0.0713 e. The monoisotopic (exact) mass is 313 g/mol. The summed E-state index contributed by atoms with van der Waals surface area (Å²) in [7, 11) is 0. The van der Waals surface area contributed by atoms with Crippen LogP contribution in [0.1, 0.15) is 32.6 Å². The van der Waals surface area contributed by atoms with E-state index in [2.05, 4.69) is 28.5 Å². The molecule has 0 aliphatic carbocycles. The Bertz CT molecular complexity index is 322. The number of hydrogen-bond donors (Lipinski definition) is 1. The molecule has 1 spiro atoms. The van der Waals surface area contributed by atoms with Crippen molar-refractivity contribution in [2.75, 3.05) is 50.8 Å². The molecule has 4 nitrogen and oxygen atoms in total. The summed E-state index contributed by atoms with van der Waals surface area (Å²) in [5.41, 5.74) is 6.02. The van der Waals surface area contributed by atoms with Crippen molar-refractivity contribution in [3.05, 3.63) is 0 Å². The molecule has 5 heteroatoms. The smallest absolute Gasteiger partial charge is 0.0713 e. The highest BCUT2D eigenvalue weighted by Gasteiger charge is 2.40. The molecule has 3 aliphatic heterocycles. The standard InChI is InChI=1S/C16H31N3OS/c1-14(13-17)18-5-7-19(8-6-18)15-2-9-20-16(12-15)3-10-21-11-4-16/h14-15H,2-13,17H2,1H3. The molecule has 2 N–H and O–H groups in total. The zero-order valence-corrected chi connectivity index (χ0v) is 14.2. The van der Waals surface area contributed by atoms with Gasteiger partial charge in [0.25, 0.3) is 0 Å². The van der Waals surface area contributed by atoms with E-state index in [1.807, 2.05) is 0 Å². The van der Waals surface area contributed by atoms with Crippen molar-refractivity contribution in [1.82, 2.24) is 9.80 Å². The van der Waals surface area contributed by atoms with Crippen molar-refractivity contribution in [2.45, 2.75) is 50.3 Å². The molecule has 0 saturated carbocycles. The molecule has 0 amide bonds. The van der Waals surface area contributed by atoms with Crippen LogP contribution in [0.4, 0.5) is 0 Å². The van der Waals surface area contributed by atoms with Crippen LogP contribution in [0, 0.1) is 0 Å². The van der Waals surface area contributed by atoms with Gasteiger partial charge in [-0.15, -0.1) is 0 Å². The predicted molar refractivity (Wildman–Crippen MR) is 89.9 cm³/mol. The third kappa shape index (κ3) is 3.75. The third-order valence-corrected chi connectivity index (χ3v) is 6.69. The SMILES string of the molecule is CC(CN)N1CCN(C2CCOC3(CCSCC3)C2)CC1. The Hall–Kier alpha value is 0.190. The fourth-order valence-electron chi connectivity index (χ4n) is 4.10. The Labute approximate surface area is 133 Å². The molecule has 2 atom stereocenters. The van der Waals surface area contributed by atoms with E-state index in [9.17, 15) is 0 Å². The molecule has 0 radical (unpaired) electrons. The Balaban J connectivity index is 1.53. The molecule has 3 aliphatic rings. The van der Waals surface area contributed by atoms with E-state index in [4.69, 9.17) is 10.5 Å². The maximum absolute atomic E-state index is 6.24. The highest BCUT2D eigenvalue weighted by molar-refractivity contribution is 7.99. The van der Waals surface area contributed by atoms with Crippen molar-refractivity contribution in [2.24, 2.45) is 5.73 Å². The summed E-state index contributed by atoms with van der Waals surface area (Å²) < 4.78 is 6.24. The zero-order chi connectivity index (χ0) is 14.7. The Morgan fingerprint density at radius 2 is 1.95 bits per heavy atom. The van der Waals surface area contributed by atoms with Crippen LogP contribution < -0.4 is 5.73 Å². The van der Waals surface area contributed by atoms with E-state index >= 15 is 0 Å². The Morgan fingerprint density at radius 3 is 2.62 bits per heavy atom. The van der Waals surface area contributed by atoms with Gasteiger partial charge in [-0.2, -0.15) is 11.8 Å². The van der Waals surface area contributed by atoms with Crippen molar-refractivity contribution >= 4 is 11.8 Å². The minimum absolute atomic E-state index is 0.218. The van der Waals surface area contributed by atoms with Crippen LogP contribution in [0.15, 0.2) is 0 Å². The topological polar surface area (TPSA) is 41.7 Å². The van der Waals surface area contributed by atoms with Gasteiger partial charge in [-0.1, -0.05) is 0 Å². The van der Waals surface area contributed by atoms with E-state index in [1.165, 1.54) is 63.4 Å². The number of ether oxygens (including phenoxy) is 1. The van der Waals surface area contributed by atoms with Crippen LogP contribution in [-0.4, -0.2) is 78.3 Å². The molecule has 0 aromatic heterocycles. The van der Waals surface area contributed by atoms with Crippen molar-refractivity contribution in [3.63, 3.8) is 0 Å². The molecule has 3 heterocycles. The summed E-state index contributed by atoms with van der Waals surface area (Å²) in [6.45, 7) is 8.77. The van der Waals surface area contributed by atoms with Gasteiger partial charge in [0.1, 0.15) is 0 Å². The largest absolute Gasteiger partial charge is 0.375 e. The third-order valence-electron chi connectivity index (χ3n) is 5.70. The van der Waals surface area contributed by atoms with Gasteiger partial charge in [0.15, 0.2) is 0 Å². The second kappa shape index (κ2) is 7.18. The van der Waals surface area contributed by atoms with Crippen molar-refractivity contribution in [3.8, 4) is 0 Å². The number of nitrogens with zero attached hydrogens (tertiary/aromatic N) is 2.